The van der Waals surface area contributed by atoms with Crippen molar-refractivity contribution in [2.24, 2.45) is 0 Å². The molecule has 1 unspecified atom stereocenters. The van der Waals surface area contributed by atoms with Gasteiger partial charge in [-0.05, 0) is 36.2 Å². The van der Waals surface area contributed by atoms with E-state index in [0.29, 0.717) is 43.1 Å². The first-order chi connectivity index (χ1) is 12.7. The van der Waals surface area contributed by atoms with Crippen LogP contribution in [0.3, 0.4) is 0 Å². The fraction of sp³-hybridized carbons (Fsp3) is 0.667. The van der Waals surface area contributed by atoms with E-state index in [4.69, 9.17) is 32.5 Å². The Balaban J connectivity index is 2.43. The Labute approximate surface area is 179 Å². The van der Waals surface area contributed by atoms with E-state index in [0.717, 1.165) is 0 Å². The van der Waals surface area contributed by atoms with Crippen molar-refractivity contribution in [3.05, 3.63) is 33.4 Å². The van der Waals surface area contributed by atoms with E-state index in [1.807, 2.05) is 38.8 Å². The lowest BCUT2D eigenvalue weighted by atomic mass is 9.97. The summed E-state index contributed by atoms with van der Waals surface area (Å²) in [5.74, 6) is 0. The number of nitrogens with zero attached hydrogens (tertiary/aromatic N) is 1. The maximum absolute atomic E-state index is 13.1. The fourth-order valence-electron chi connectivity index (χ4n) is 2.73. The summed E-state index contributed by atoms with van der Waals surface area (Å²) in [5, 5.41) is -0.708. The molecule has 0 bridgehead atoms. The van der Waals surface area contributed by atoms with Crippen LogP contribution in [0.2, 0.25) is 18.1 Å². The highest BCUT2D eigenvalue weighted by Crippen LogP contribution is 2.42. The van der Waals surface area contributed by atoms with Crippen LogP contribution >= 0.6 is 23.2 Å². The molecule has 1 saturated heterocycles. The lowest BCUT2D eigenvalue weighted by Crippen LogP contribution is -2.47. The number of hydrogen-bond acceptors (Lipinski definition) is 5. The summed E-state index contributed by atoms with van der Waals surface area (Å²) in [4.78, 5) is 4.25. The molecule has 0 aromatic carbocycles. The predicted octanol–water partition coefficient (Wildman–Crippen LogP) is 4.08. The van der Waals surface area contributed by atoms with Crippen LogP contribution in [-0.2, 0) is 19.3 Å². The maximum Gasteiger partial charge on any atom is 0.263 e. The fourth-order valence-corrected chi connectivity index (χ4v) is 6.24. The maximum atomic E-state index is 13.1. The van der Waals surface area contributed by atoms with Gasteiger partial charge in [0.15, 0.2) is 0 Å². The number of nitrogens with one attached hydrogen (secondary N) is 1. The number of allylic oxidation sites excluding steroid dienone is 3. The van der Waals surface area contributed by atoms with Gasteiger partial charge in [0, 0.05) is 13.1 Å². The highest BCUT2D eigenvalue weighted by molar-refractivity contribution is 7.93. The molecule has 1 aliphatic heterocycles. The first kappa shape index (κ1) is 23.9. The Morgan fingerprint density at radius 2 is 1.82 bits per heavy atom. The summed E-state index contributed by atoms with van der Waals surface area (Å²) >= 11 is 13.1. The first-order valence-corrected chi connectivity index (χ1v) is 14.4. The van der Waals surface area contributed by atoms with Crippen molar-refractivity contribution in [1.82, 2.24) is 9.79 Å². The van der Waals surface area contributed by atoms with Gasteiger partial charge in [-0.15, -0.1) is 16.5 Å². The standard InChI is InChI=1S/C18H30Cl2N2O4SSi/c1-12-14(19)13(2)17(15(20)16(12)22-8-10-25-11-9-22)27(23,24)21-26-28(6,7)18(3,4)5/h14,21H,1,8-11H2,2-7H3. The predicted molar refractivity (Wildman–Crippen MR) is 117 cm³/mol. The van der Waals surface area contributed by atoms with Crippen LogP contribution in [0.1, 0.15) is 27.7 Å². The lowest BCUT2D eigenvalue weighted by Gasteiger charge is -2.38. The Morgan fingerprint density at radius 1 is 1.29 bits per heavy atom. The smallest absolute Gasteiger partial charge is 0.263 e. The second-order valence-corrected chi connectivity index (χ2v) is 15.7. The topological polar surface area (TPSA) is 67.9 Å². The van der Waals surface area contributed by atoms with Crippen molar-refractivity contribution in [1.29, 1.82) is 0 Å². The third-order valence-electron chi connectivity index (χ3n) is 5.56. The zero-order chi connectivity index (χ0) is 21.5. The normalized spacial score (nSPS) is 22.9. The molecule has 6 nitrogen and oxygen atoms in total. The van der Waals surface area contributed by atoms with Gasteiger partial charge >= 0.3 is 0 Å². The number of alkyl halides is 1. The van der Waals surface area contributed by atoms with Gasteiger partial charge in [-0.1, -0.05) is 39.0 Å². The van der Waals surface area contributed by atoms with Crippen LogP contribution in [-0.4, -0.2) is 53.3 Å². The summed E-state index contributed by atoms with van der Waals surface area (Å²) in [5.41, 5.74) is 1.58. The van der Waals surface area contributed by atoms with E-state index in [9.17, 15) is 8.42 Å². The largest absolute Gasteiger partial charge is 0.378 e. The molecule has 1 aliphatic carbocycles. The summed E-state index contributed by atoms with van der Waals surface area (Å²) in [6, 6.07) is 0. The minimum Gasteiger partial charge on any atom is -0.378 e. The third kappa shape index (κ3) is 4.69. The zero-order valence-corrected chi connectivity index (χ0v) is 20.7. The molecule has 0 spiro atoms. The molecule has 0 aromatic rings. The van der Waals surface area contributed by atoms with E-state index in [2.05, 4.69) is 11.5 Å². The number of ether oxygens (including phenoxy) is 1. The Hall–Kier alpha value is -0.353. The van der Waals surface area contributed by atoms with Crippen LogP contribution in [0.15, 0.2) is 33.4 Å². The number of sulfonamides is 1. The van der Waals surface area contributed by atoms with Crippen molar-refractivity contribution in [3.63, 3.8) is 0 Å². The monoisotopic (exact) mass is 468 g/mol. The minimum atomic E-state index is -4.03. The van der Waals surface area contributed by atoms with Gasteiger partial charge in [0.1, 0.15) is 4.91 Å². The number of morpholine rings is 1. The quantitative estimate of drug-likeness (QED) is 0.374. The Morgan fingerprint density at radius 3 is 2.32 bits per heavy atom. The van der Waals surface area contributed by atoms with Crippen LogP contribution in [0, 0.1) is 0 Å². The zero-order valence-electron chi connectivity index (χ0n) is 17.4. The van der Waals surface area contributed by atoms with Crippen LogP contribution in [0.4, 0.5) is 0 Å². The summed E-state index contributed by atoms with van der Waals surface area (Å²) < 4.78 is 37.4. The summed E-state index contributed by atoms with van der Waals surface area (Å²) in [7, 11) is -6.39. The molecule has 0 aromatic heterocycles. The van der Waals surface area contributed by atoms with Gasteiger partial charge in [-0.25, -0.2) is 8.42 Å². The molecule has 0 saturated carbocycles. The van der Waals surface area contributed by atoms with E-state index in [1.165, 1.54) is 0 Å². The SMILES string of the molecule is C=C1C(N2CCOCC2)=C(Cl)C(S(=O)(=O)NO[Si](C)(C)C(C)(C)C)=C(C)C1Cl. The average Bonchev–Trinajstić information content (AvgIpc) is 2.58. The van der Waals surface area contributed by atoms with Gasteiger partial charge in [0.25, 0.3) is 10.0 Å². The molecule has 2 aliphatic rings. The van der Waals surface area contributed by atoms with Gasteiger partial charge in [0.05, 0.1) is 29.3 Å². The molecular weight excluding hydrogens is 439 g/mol. The molecule has 1 atom stereocenters. The van der Waals surface area contributed by atoms with E-state index >= 15 is 0 Å². The first-order valence-electron chi connectivity index (χ1n) is 9.17. The van der Waals surface area contributed by atoms with E-state index in [1.54, 1.807) is 6.92 Å². The Kier molecular flexibility index (Phi) is 7.19. The van der Waals surface area contributed by atoms with Crippen molar-refractivity contribution in [2.75, 3.05) is 26.3 Å². The van der Waals surface area contributed by atoms with Gasteiger partial charge in [0.2, 0.25) is 8.32 Å². The molecule has 160 valence electrons. The highest BCUT2D eigenvalue weighted by atomic mass is 35.5. The molecular formula is C18H30Cl2N2O4SSi. The van der Waals surface area contributed by atoms with Crippen molar-refractivity contribution in [3.8, 4) is 0 Å². The van der Waals surface area contributed by atoms with Crippen LogP contribution in [0.25, 0.3) is 0 Å². The second-order valence-electron chi connectivity index (χ2n) is 8.61. The van der Waals surface area contributed by atoms with Crippen molar-refractivity contribution in [2.45, 2.75) is 51.2 Å². The molecule has 0 amide bonds. The van der Waals surface area contributed by atoms with Gasteiger partial charge in [-0.3, -0.25) is 0 Å². The summed E-state index contributed by atoms with van der Waals surface area (Å²) in [6.45, 7) is 18.0. The lowest BCUT2D eigenvalue weighted by molar-refractivity contribution is 0.0544. The molecule has 1 heterocycles. The van der Waals surface area contributed by atoms with Crippen molar-refractivity contribution >= 4 is 41.5 Å². The molecule has 28 heavy (non-hydrogen) atoms. The molecule has 2 rings (SSSR count). The molecule has 1 N–H and O–H groups in total. The van der Waals surface area contributed by atoms with Crippen molar-refractivity contribution < 1.29 is 17.7 Å². The van der Waals surface area contributed by atoms with Crippen LogP contribution in [0.5, 0.6) is 0 Å². The van der Waals surface area contributed by atoms with Gasteiger partial charge in [-0.2, -0.15) is 0 Å². The number of rotatable bonds is 5. The number of hydrogen-bond donors (Lipinski definition) is 1. The van der Waals surface area contributed by atoms with E-state index < -0.39 is 23.7 Å². The third-order valence-corrected chi connectivity index (χ3v) is 12.4. The minimum absolute atomic E-state index is 0.0400. The molecule has 1 fully saturated rings. The average molecular weight is 470 g/mol. The molecule has 10 heteroatoms. The van der Waals surface area contributed by atoms with Crippen LogP contribution < -0.4 is 4.89 Å². The summed E-state index contributed by atoms with van der Waals surface area (Å²) in [6.07, 6.45) is 0. The number of halogens is 2. The second kappa shape index (κ2) is 8.41. The molecule has 0 radical (unpaired) electrons. The van der Waals surface area contributed by atoms with Gasteiger partial charge < -0.3 is 14.2 Å². The highest BCUT2D eigenvalue weighted by Gasteiger charge is 2.41. The Bertz CT molecular complexity index is 810. The van der Waals surface area contributed by atoms with E-state index in [-0.39, 0.29) is 15.0 Å².